The maximum Gasteiger partial charge on any atom is 0.137 e. The van der Waals surface area contributed by atoms with E-state index >= 15 is 0 Å². The van der Waals surface area contributed by atoms with Crippen LogP contribution in [0.1, 0.15) is 12.2 Å². The number of fused-ring (bicyclic) bond motifs is 1. The maximum atomic E-state index is 5.01. The molecule has 5 nitrogen and oxygen atoms in total. The first-order valence-corrected chi connectivity index (χ1v) is 5.62. The van der Waals surface area contributed by atoms with Gasteiger partial charge in [0.05, 0.1) is 11.7 Å². The minimum atomic E-state index is 0.747. The van der Waals surface area contributed by atoms with Gasteiger partial charge in [0.2, 0.25) is 0 Å². The quantitative estimate of drug-likeness (QED) is 0.796. The van der Waals surface area contributed by atoms with Crippen LogP contribution in [0.25, 0.3) is 10.9 Å². The van der Waals surface area contributed by atoms with Crippen molar-refractivity contribution in [2.24, 2.45) is 0 Å². The van der Waals surface area contributed by atoms with Crippen LogP contribution in [0.3, 0.4) is 0 Å². The lowest BCUT2D eigenvalue weighted by Gasteiger charge is -2.08. The highest BCUT2D eigenvalue weighted by Crippen LogP contribution is 2.18. The summed E-state index contributed by atoms with van der Waals surface area (Å²) in [6.45, 7) is 3.46. The zero-order valence-corrected chi connectivity index (χ0v) is 10.1. The first-order valence-electron chi connectivity index (χ1n) is 5.62. The van der Waals surface area contributed by atoms with Gasteiger partial charge in [0.15, 0.2) is 0 Å². The summed E-state index contributed by atoms with van der Waals surface area (Å²) in [5, 5.41) is 4.31. The van der Waals surface area contributed by atoms with E-state index in [1.165, 1.54) is 0 Å². The van der Waals surface area contributed by atoms with Crippen molar-refractivity contribution in [2.45, 2.75) is 13.3 Å². The molecule has 0 aromatic carbocycles. The van der Waals surface area contributed by atoms with Crippen LogP contribution in [0.4, 0.5) is 5.82 Å². The van der Waals surface area contributed by atoms with Gasteiger partial charge in [-0.25, -0.2) is 9.97 Å². The zero-order valence-electron chi connectivity index (χ0n) is 10.1. The largest absolute Gasteiger partial charge is 0.385 e. The van der Waals surface area contributed by atoms with Gasteiger partial charge in [0.25, 0.3) is 0 Å². The van der Waals surface area contributed by atoms with E-state index in [1.807, 2.05) is 13.0 Å². The molecule has 0 radical (unpaired) electrons. The molecule has 1 N–H and O–H groups in total. The van der Waals surface area contributed by atoms with Crippen molar-refractivity contribution in [3.8, 4) is 0 Å². The number of ether oxygens (including phenoxy) is 1. The minimum Gasteiger partial charge on any atom is -0.385 e. The molecule has 0 unspecified atom stereocenters. The second-order valence-corrected chi connectivity index (χ2v) is 3.79. The van der Waals surface area contributed by atoms with E-state index in [-0.39, 0.29) is 0 Å². The molecule has 90 valence electrons. The van der Waals surface area contributed by atoms with Crippen LogP contribution < -0.4 is 5.32 Å². The Labute approximate surface area is 100 Å². The Hall–Kier alpha value is -1.75. The van der Waals surface area contributed by atoms with Gasteiger partial charge in [-0.2, -0.15) is 0 Å². The van der Waals surface area contributed by atoms with E-state index in [4.69, 9.17) is 4.74 Å². The Kier molecular flexibility index (Phi) is 3.82. The van der Waals surface area contributed by atoms with Gasteiger partial charge in [0, 0.05) is 31.8 Å². The summed E-state index contributed by atoms with van der Waals surface area (Å²) in [4.78, 5) is 12.8. The summed E-state index contributed by atoms with van der Waals surface area (Å²) in [5.41, 5.74) is 0.870. The van der Waals surface area contributed by atoms with Crippen LogP contribution in [-0.2, 0) is 4.74 Å². The molecule has 0 fully saturated rings. The van der Waals surface area contributed by atoms with Crippen LogP contribution in [0.2, 0.25) is 0 Å². The highest BCUT2D eigenvalue weighted by molar-refractivity contribution is 5.88. The topological polar surface area (TPSA) is 59.9 Å². The lowest BCUT2D eigenvalue weighted by atomic mass is 10.3. The van der Waals surface area contributed by atoms with E-state index in [2.05, 4.69) is 20.3 Å². The molecule has 17 heavy (non-hydrogen) atoms. The first-order chi connectivity index (χ1) is 8.31. The van der Waals surface area contributed by atoms with E-state index < -0.39 is 0 Å². The van der Waals surface area contributed by atoms with Crippen LogP contribution in [-0.4, -0.2) is 35.2 Å². The lowest BCUT2D eigenvalue weighted by molar-refractivity contribution is 0.198. The number of rotatable bonds is 5. The van der Waals surface area contributed by atoms with Crippen molar-refractivity contribution >= 4 is 16.7 Å². The molecule has 0 amide bonds. The second-order valence-electron chi connectivity index (χ2n) is 3.79. The average molecular weight is 232 g/mol. The third-order valence-corrected chi connectivity index (χ3v) is 2.43. The van der Waals surface area contributed by atoms with Gasteiger partial charge in [-0.15, -0.1) is 0 Å². The van der Waals surface area contributed by atoms with E-state index in [9.17, 15) is 0 Å². The van der Waals surface area contributed by atoms with E-state index in [0.717, 1.165) is 42.1 Å². The molecular formula is C12H16N4O. The number of aryl methyl sites for hydroxylation is 1. The summed E-state index contributed by atoms with van der Waals surface area (Å²) in [6, 6.07) is 1.92. The average Bonchev–Trinajstić information content (AvgIpc) is 2.34. The molecule has 0 bridgehead atoms. The smallest absolute Gasteiger partial charge is 0.137 e. The number of nitrogens with one attached hydrogen (secondary N) is 1. The molecule has 0 aliphatic carbocycles. The molecule has 0 spiro atoms. The lowest BCUT2D eigenvalue weighted by Crippen LogP contribution is -2.07. The maximum absolute atomic E-state index is 5.01. The van der Waals surface area contributed by atoms with Gasteiger partial charge in [-0.05, 0) is 19.4 Å². The number of methoxy groups -OCH3 is 1. The predicted octanol–water partition coefficient (Wildman–Crippen LogP) is 1.78. The fourth-order valence-corrected chi connectivity index (χ4v) is 1.65. The molecule has 2 aromatic heterocycles. The Balaban J connectivity index is 2.20. The summed E-state index contributed by atoms with van der Waals surface area (Å²) in [6.07, 6.45) is 4.46. The SMILES string of the molecule is COCCCNc1nc(C)nc2cnccc12. The third kappa shape index (κ3) is 2.88. The van der Waals surface area contributed by atoms with Gasteiger partial charge in [0.1, 0.15) is 11.6 Å². The Morgan fingerprint density at radius 3 is 3.06 bits per heavy atom. The molecular weight excluding hydrogens is 216 g/mol. The van der Waals surface area contributed by atoms with Crippen molar-refractivity contribution in [1.29, 1.82) is 0 Å². The number of pyridine rings is 1. The molecule has 0 saturated heterocycles. The molecule has 5 heteroatoms. The van der Waals surface area contributed by atoms with Crippen LogP contribution >= 0.6 is 0 Å². The number of hydrogen-bond acceptors (Lipinski definition) is 5. The van der Waals surface area contributed by atoms with E-state index in [0.29, 0.717) is 0 Å². The number of hydrogen-bond donors (Lipinski definition) is 1. The summed E-state index contributed by atoms with van der Waals surface area (Å²) in [7, 11) is 1.70. The molecule has 0 atom stereocenters. The van der Waals surface area contributed by atoms with Crippen LogP contribution in [0.5, 0.6) is 0 Å². The molecule has 0 aliphatic rings. The van der Waals surface area contributed by atoms with Gasteiger partial charge < -0.3 is 10.1 Å². The van der Waals surface area contributed by atoms with Crippen molar-refractivity contribution in [1.82, 2.24) is 15.0 Å². The van der Waals surface area contributed by atoms with Crippen LogP contribution in [0.15, 0.2) is 18.5 Å². The molecule has 2 rings (SSSR count). The normalized spacial score (nSPS) is 10.7. The van der Waals surface area contributed by atoms with Crippen molar-refractivity contribution < 1.29 is 4.74 Å². The number of anilines is 1. The summed E-state index contributed by atoms with van der Waals surface area (Å²) < 4.78 is 5.01. The fraction of sp³-hybridized carbons (Fsp3) is 0.417. The Morgan fingerprint density at radius 2 is 2.24 bits per heavy atom. The molecule has 0 saturated carbocycles. The van der Waals surface area contributed by atoms with Crippen molar-refractivity contribution in [2.75, 3.05) is 25.6 Å². The first kappa shape index (κ1) is 11.7. The van der Waals surface area contributed by atoms with Crippen molar-refractivity contribution in [3.63, 3.8) is 0 Å². The zero-order chi connectivity index (χ0) is 12.1. The summed E-state index contributed by atoms with van der Waals surface area (Å²) >= 11 is 0. The number of aromatic nitrogens is 3. The fourth-order valence-electron chi connectivity index (χ4n) is 1.65. The highest BCUT2D eigenvalue weighted by Gasteiger charge is 2.04. The molecule has 2 aromatic rings. The van der Waals surface area contributed by atoms with Crippen LogP contribution in [0, 0.1) is 6.92 Å². The Morgan fingerprint density at radius 1 is 1.35 bits per heavy atom. The Bertz CT molecular complexity index is 501. The second kappa shape index (κ2) is 5.54. The monoisotopic (exact) mass is 232 g/mol. The minimum absolute atomic E-state index is 0.747. The standard InChI is InChI=1S/C12H16N4O/c1-9-15-11-8-13-6-4-10(11)12(16-9)14-5-3-7-17-2/h4,6,8H,3,5,7H2,1-2H3,(H,14,15,16). The molecule has 2 heterocycles. The van der Waals surface area contributed by atoms with Crippen molar-refractivity contribution in [3.05, 3.63) is 24.3 Å². The third-order valence-electron chi connectivity index (χ3n) is 2.43. The molecule has 0 aliphatic heterocycles. The van der Waals surface area contributed by atoms with Gasteiger partial charge >= 0.3 is 0 Å². The van der Waals surface area contributed by atoms with Gasteiger partial charge in [-0.3, -0.25) is 4.98 Å². The number of nitrogens with zero attached hydrogens (tertiary/aromatic N) is 3. The van der Waals surface area contributed by atoms with E-state index in [1.54, 1.807) is 19.5 Å². The summed E-state index contributed by atoms with van der Waals surface area (Å²) in [5.74, 6) is 1.62. The highest BCUT2D eigenvalue weighted by atomic mass is 16.5. The predicted molar refractivity (Wildman–Crippen MR) is 67.1 cm³/mol. The van der Waals surface area contributed by atoms with Gasteiger partial charge in [-0.1, -0.05) is 0 Å².